The van der Waals surface area contributed by atoms with Crippen molar-refractivity contribution in [1.29, 1.82) is 0 Å². The molecule has 142 valence electrons. The molecular formula is C19H33IN4S. The molecule has 0 spiro atoms. The lowest BCUT2D eigenvalue weighted by molar-refractivity contribution is 0.179. The highest BCUT2D eigenvalue weighted by Gasteiger charge is 2.31. The van der Waals surface area contributed by atoms with Crippen LogP contribution in [0.3, 0.4) is 0 Å². The zero-order chi connectivity index (χ0) is 17.0. The van der Waals surface area contributed by atoms with Gasteiger partial charge >= 0.3 is 0 Å². The monoisotopic (exact) mass is 476 g/mol. The molecule has 4 nitrogen and oxygen atoms in total. The summed E-state index contributed by atoms with van der Waals surface area (Å²) in [7, 11) is 1.91. The Morgan fingerprint density at radius 2 is 2.08 bits per heavy atom. The Labute approximate surface area is 174 Å². The second-order valence-corrected chi connectivity index (χ2v) is 9.10. The number of thiophene rings is 1. The Hall–Kier alpha value is -0.340. The normalized spacial score (nSPS) is 22.0. The minimum absolute atomic E-state index is 0. The number of likely N-dealkylation sites (tertiary alicyclic amines) is 2. The Morgan fingerprint density at radius 3 is 2.64 bits per heavy atom. The first-order chi connectivity index (χ1) is 11.6. The molecule has 1 aromatic heterocycles. The number of hydrogen-bond donors (Lipinski definition) is 1. The van der Waals surface area contributed by atoms with Crippen molar-refractivity contribution in [2.24, 2.45) is 16.3 Å². The molecule has 0 radical (unpaired) electrons. The molecule has 2 fully saturated rings. The third kappa shape index (κ3) is 6.10. The van der Waals surface area contributed by atoms with Crippen molar-refractivity contribution in [1.82, 2.24) is 15.1 Å². The molecule has 3 rings (SSSR count). The number of guanidine groups is 1. The molecule has 0 amide bonds. The molecular weight excluding hydrogens is 443 g/mol. The Balaban J connectivity index is 0.00000225. The molecule has 2 aliphatic rings. The van der Waals surface area contributed by atoms with Gasteiger partial charge in [0.15, 0.2) is 5.96 Å². The third-order valence-corrected chi connectivity index (χ3v) is 6.27. The lowest BCUT2D eigenvalue weighted by Gasteiger charge is -2.32. The van der Waals surface area contributed by atoms with Crippen LogP contribution in [0.2, 0.25) is 0 Å². The second kappa shape index (κ2) is 9.55. The molecule has 1 N–H and O–H groups in total. The highest BCUT2D eigenvalue weighted by molar-refractivity contribution is 14.0. The van der Waals surface area contributed by atoms with Crippen molar-refractivity contribution < 1.29 is 0 Å². The summed E-state index contributed by atoms with van der Waals surface area (Å²) in [6.07, 6.45) is 3.84. The van der Waals surface area contributed by atoms with Crippen LogP contribution in [0.25, 0.3) is 0 Å². The average Bonchev–Trinajstić information content (AvgIpc) is 3.19. The standard InChI is InChI=1S/C19H32N4S.HI/c1-19(2)8-11-23(15-19)18(20-3)21-13-16-6-9-22(10-7-16)14-17-5-4-12-24-17;/h4-5,12,16H,6-11,13-15H2,1-3H3,(H,20,21);1H. The van der Waals surface area contributed by atoms with Gasteiger partial charge in [0, 0.05) is 38.1 Å². The van der Waals surface area contributed by atoms with E-state index in [2.05, 4.69) is 51.5 Å². The quantitative estimate of drug-likeness (QED) is 0.407. The SMILES string of the molecule is CN=C(NCC1CCN(Cc2cccs2)CC1)N1CCC(C)(C)C1.I. The van der Waals surface area contributed by atoms with Gasteiger partial charge in [0.25, 0.3) is 0 Å². The van der Waals surface area contributed by atoms with E-state index in [1.54, 1.807) is 0 Å². The van der Waals surface area contributed by atoms with Gasteiger partial charge in [-0.1, -0.05) is 19.9 Å². The molecule has 0 bridgehead atoms. The van der Waals surface area contributed by atoms with E-state index in [4.69, 9.17) is 0 Å². The second-order valence-electron chi connectivity index (χ2n) is 8.06. The van der Waals surface area contributed by atoms with E-state index >= 15 is 0 Å². The fourth-order valence-electron chi connectivity index (χ4n) is 3.83. The minimum atomic E-state index is 0. The third-order valence-electron chi connectivity index (χ3n) is 5.40. The lowest BCUT2D eigenvalue weighted by Crippen LogP contribution is -2.44. The van der Waals surface area contributed by atoms with Crippen LogP contribution in [-0.2, 0) is 6.54 Å². The van der Waals surface area contributed by atoms with Crippen molar-refractivity contribution in [2.75, 3.05) is 39.8 Å². The van der Waals surface area contributed by atoms with Crippen molar-refractivity contribution >= 4 is 41.3 Å². The van der Waals surface area contributed by atoms with Crippen LogP contribution in [0, 0.1) is 11.3 Å². The predicted octanol–water partition coefficient (Wildman–Crippen LogP) is 3.89. The van der Waals surface area contributed by atoms with E-state index in [9.17, 15) is 0 Å². The summed E-state index contributed by atoms with van der Waals surface area (Å²) in [6.45, 7) is 11.6. The van der Waals surface area contributed by atoms with E-state index in [1.807, 2.05) is 18.4 Å². The first-order valence-electron chi connectivity index (χ1n) is 9.26. The average molecular weight is 476 g/mol. The van der Waals surface area contributed by atoms with E-state index < -0.39 is 0 Å². The summed E-state index contributed by atoms with van der Waals surface area (Å²) in [5.41, 5.74) is 0.421. The highest BCUT2D eigenvalue weighted by atomic mass is 127. The van der Waals surface area contributed by atoms with Crippen LogP contribution in [0.1, 0.15) is 38.0 Å². The maximum absolute atomic E-state index is 4.51. The fourth-order valence-corrected chi connectivity index (χ4v) is 4.58. The maximum Gasteiger partial charge on any atom is 0.193 e. The van der Waals surface area contributed by atoms with Gasteiger partial charge in [-0.3, -0.25) is 9.89 Å². The molecule has 0 saturated carbocycles. The molecule has 0 unspecified atom stereocenters. The highest BCUT2D eigenvalue weighted by Crippen LogP contribution is 2.28. The number of piperidine rings is 1. The number of nitrogens with one attached hydrogen (secondary N) is 1. The Bertz CT molecular complexity index is 536. The van der Waals surface area contributed by atoms with Crippen LogP contribution in [0.15, 0.2) is 22.5 Å². The lowest BCUT2D eigenvalue weighted by atomic mass is 9.93. The molecule has 0 atom stereocenters. The summed E-state index contributed by atoms with van der Waals surface area (Å²) < 4.78 is 0. The number of hydrogen-bond acceptors (Lipinski definition) is 3. The minimum Gasteiger partial charge on any atom is -0.356 e. The van der Waals surface area contributed by atoms with Gasteiger partial charge in [0.2, 0.25) is 0 Å². The molecule has 0 aromatic carbocycles. The first kappa shape index (κ1) is 21.0. The van der Waals surface area contributed by atoms with Crippen LogP contribution in [-0.4, -0.2) is 55.5 Å². The van der Waals surface area contributed by atoms with Gasteiger partial charge in [0.1, 0.15) is 0 Å². The van der Waals surface area contributed by atoms with Gasteiger partial charge in [-0.25, -0.2) is 0 Å². The van der Waals surface area contributed by atoms with Crippen molar-refractivity contribution in [2.45, 2.75) is 39.7 Å². The zero-order valence-electron chi connectivity index (χ0n) is 15.8. The summed E-state index contributed by atoms with van der Waals surface area (Å²) in [4.78, 5) is 11.0. The number of aliphatic imine (C=N–C) groups is 1. The molecule has 2 aliphatic heterocycles. The van der Waals surface area contributed by atoms with Crippen LogP contribution in [0.5, 0.6) is 0 Å². The Morgan fingerprint density at radius 1 is 1.32 bits per heavy atom. The maximum atomic E-state index is 4.51. The molecule has 1 aromatic rings. The number of halogens is 1. The van der Waals surface area contributed by atoms with Crippen molar-refractivity contribution in [3.05, 3.63) is 22.4 Å². The first-order valence-corrected chi connectivity index (χ1v) is 10.1. The molecule has 25 heavy (non-hydrogen) atoms. The van der Waals surface area contributed by atoms with Crippen LogP contribution < -0.4 is 5.32 Å². The van der Waals surface area contributed by atoms with Gasteiger partial charge in [-0.05, 0) is 55.1 Å². The summed E-state index contributed by atoms with van der Waals surface area (Å²) in [5, 5.41) is 5.82. The van der Waals surface area contributed by atoms with Crippen molar-refractivity contribution in [3.8, 4) is 0 Å². The van der Waals surface area contributed by atoms with Gasteiger partial charge in [-0.15, -0.1) is 35.3 Å². The molecule has 6 heteroatoms. The summed E-state index contributed by atoms with van der Waals surface area (Å²) in [6, 6.07) is 4.40. The molecule has 3 heterocycles. The van der Waals surface area contributed by atoms with Gasteiger partial charge in [-0.2, -0.15) is 0 Å². The molecule has 0 aliphatic carbocycles. The van der Waals surface area contributed by atoms with Crippen LogP contribution in [0.4, 0.5) is 0 Å². The number of rotatable bonds is 4. The van der Waals surface area contributed by atoms with Crippen molar-refractivity contribution in [3.63, 3.8) is 0 Å². The fraction of sp³-hybridized carbons (Fsp3) is 0.737. The summed E-state index contributed by atoms with van der Waals surface area (Å²) in [5.74, 6) is 1.87. The Kier molecular flexibility index (Phi) is 8.01. The molecule has 2 saturated heterocycles. The number of nitrogens with zero attached hydrogens (tertiary/aromatic N) is 3. The van der Waals surface area contributed by atoms with E-state index in [1.165, 1.54) is 37.2 Å². The van der Waals surface area contributed by atoms with Gasteiger partial charge < -0.3 is 10.2 Å². The van der Waals surface area contributed by atoms with E-state index in [0.29, 0.717) is 5.41 Å². The van der Waals surface area contributed by atoms with Crippen LogP contribution >= 0.6 is 35.3 Å². The smallest absolute Gasteiger partial charge is 0.193 e. The largest absolute Gasteiger partial charge is 0.356 e. The summed E-state index contributed by atoms with van der Waals surface area (Å²) >= 11 is 1.87. The van der Waals surface area contributed by atoms with E-state index in [-0.39, 0.29) is 24.0 Å². The topological polar surface area (TPSA) is 30.9 Å². The van der Waals surface area contributed by atoms with Gasteiger partial charge in [0.05, 0.1) is 0 Å². The zero-order valence-corrected chi connectivity index (χ0v) is 19.0. The predicted molar refractivity (Wildman–Crippen MR) is 119 cm³/mol. The van der Waals surface area contributed by atoms with E-state index in [0.717, 1.165) is 38.1 Å².